The largest absolute Gasteiger partial charge is 0.371 e. The topological polar surface area (TPSA) is 35.6 Å². The van der Waals surface area contributed by atoms with Gasteiger partial charge in [0, 0.05) is 42.8 Å². The number of piperidine rings is 2. The lowest BCUT2D eigenvalue weighted by atomic mass is 9.70. The van der Waals surface area contributed by atoms with Crippen molar-refractivity contribution < 1.29 is 4.79 Å². The number of likely N-dealkylation sites (tertiary alicyclic amines) is 1. The van der Waals surface area contributed by atoms with Crippen LogP contribution in [0.4, 0.5) is 5.69 Å². The smallest absolute Gasteiger partial charge is 0.251 e. The summed E-state index contributed by atoms with van der Waals surface area (Å²) in [6.07, 6.45) is 9.67. The monoisotopic (exact) mass is 391 g/mol. The molecule has 1 spiro atoms. The number of hydrogen-bond acceptors (Lipinski definition) is 3. The normalized spacial score (nSPS) is 22.6. The van der Waals surface area contributed by atoms with Crippen LogP contribution in [-0.4, -0.2) is 50.1 Å². The van der Waals surface area contributed by atoms with Crippen molar-refractivity contribution in [2.45, 2.75) is 51.0 Å². The van der Waals surface area contributed by atoms with Gasteiger partial charge in [0.05, 0.1) is 0 Å². The average Bonchev–Trinajstić information content (AvgIpc) is 2.74. The van der Waals surface area contributed by atoms with Gasteiger partial charge < -0.3 is 15.1 Å². The first-order valence-corrected chi connectivity index (χ1v) is 11.4. The van der Waals surface area contributed by atoms with E-state index in [1.54, 1.807) is 7.05 Å². The maximum Gasteiger partial charge on any atom is 0.251 e. The summed E-state index contributed by atoms with van der Waals surface area (Å²) in [5.74, 6) is -0.0106. The lowest BCUT2D eigenvalue weighted by molar-refractivity contribution is 0.0306. The van der Waals surface area contributed by atoms with E-state index in [0.717, 1.165) is 30.1 Å². The Hall–Kier alpha value is -2.07. The van der Waals surface area contributed by atoms with Gasteiger partial charge in [-0.15, -0.1) is 0 Å². The molecule has 1 saturated carbocycles. The van der Waals surface area contributed by atoms with Gasteiger partial charge in [-0.1, -0.05) is 30.7 Å². The van der Waals surface area contributed by atoms with Crippen LogP contribution in [0.3, 0.4) is 0 Å². The Morgan fingerprint density at radius 2 is 1.59 bits per heavy atom. The SMILES string of the molecule is CNC(=O)c1ccc(N2CCC3(CC2)CCN(C2CCC2)CC3)c2ccccc12. The highest BCUT2D eigenvalue weighted by Crippen LogP contribution is 2.44. The number of fused-ring (bicyclic) bond motifs is 1. The number of anilines is 1. The van der Waals surface area contributed by atoms with Crippen LogP contribution < -0.4 is 10.2 Å². The molecular weight excluding hydrogens is 358 g/mol. The molecule has 1 aliphatic carbocycles. The standard InChI is InChI=1S/C25H33N3O/c1-26-24(29)22-9-10-23(21-8-3-2-7-20(21)22)28-17-13-25(14-18-28)11-15-27(16-12-25)19-5-4-6-19/h2-3,7-10,19H,4-6,11-18H2,1H3,(H,26,29). The summed E-state index contributed by atoms with van der Waals surface area (Å²) in [5, 5.41) is 5.03. The zero-order valence-electron chi connectivity index (χ0n) is 17.6. The minimum absolute atomic E-state index is 0.0106. The van der Waals surface area contributed by atoms with Crippen LogP contribution in [0.25, 0.3) is 10.8 Å². The van der Waals surface area contributed by atoms with E-state index in [-0.39, 0.29) is 5.91 Å². The number of hydrogen-bond donors (Lipinski definition) is 1. The van der Waals surface area contributed by atoms with Crippen molar-refractivity contribution in [3.63, 3.8) is 0 Å². The van der Waals surface area contributed by atoms with E-state index in [0.29, 0.717) is 5.41 Å². The molecule has 3 aliphatic rings. The predicted octanol–water partition coefficient (Wildman–Crippen LogP) is 4.43. The molecule has 0 unspecified atom stereocenters. The van der Waals surface area contributed by atoms with Crippen molar-refractivity contribution in [2.75, 3.05) is 38.1 Å². The Morgan fingerprint density at radius 3 is 2.21 bits per heavy atom. The molecule has 29 heavy (non-hydrogen) atoms. The van der Waals surface area contributed by atoms with Crippen LogP contribution in [0.2, 0.25) is 0 Å². The molecule has 0 radical (unpaired) electrons. The van der Waals surface area contributed by atoms with Gasteiger partial charge in [0.2, 0.25) is 0 Å². The summed E-state index contributed by atoms with van der Waals surface area (Å²) in [5.41, 5.74) is 2.62. The van der Waals surface area contributed by atoms with Crippen molar-refractivity contribution in [2.24, 2.45) is 5.41 Å². The van der Waals surface area contributed by atoms with Crippen LogP contribution in [-0.2, 0) is 0 Å². The Morgan fingerprint density at radius 1 is 0.931 bits per heavy atom. The van der Waals surface area contributed by atoms with E-state index < -0.39 is 0 Å². The summed E-state index contributed by atoms with van der Waals surface area (Å²) in [6.45, 7) is 4.89. The molecule has 2 aromatic rings. The maximum atomic E-state index is 12.3. The van der Waals surface area contributed by atoms with Crippen molar-refractivity contribution in [3.8, 4) is 0 Å². The third kappa shape index (κ3) is 3.42. The second-order valence-electron chi connectivity index (χ2n) is 9.36. The Bertz CT molecular complexity index is 886. The zero-order valence-corrected chi connectivity index (χ0v) is 17.6. The summed E-state index contributed by atoms with van der Waals surface area (Å²) < 4.78 is 0. The summed E-state index contributed by atoms with van der Waals surface area (Å²) in [4.78, 5) is 17.6. The van der Waals surface area contributed by atoms with Gasteiger partial charge in [0.1, 0.15) is 0 Å². The van der Waals surface area contributed by atoms with E-state index in [9.17, 15) is 4.79 Å². The molecule has 0 aromatic heterocycles. The first-order chi connectivity index (χ1) is 14.2. The number of carbonyl (C=O) groups is 1. The Kier molecular flexibility index (Phi) is 4.99. The number of carbonyl (C=O) groups excluding carboxylic acids is 1. The van der Waals surface area contributed by atoms with Crippen molar-refractivity contribution in [1.29, 1.82) is 0 Å². The fraction of sp³-hybridized carbons (Fsp3) is 0.560. The Balaban J connectivity index is 1.31. The first-order valence-electron chi connectivity index (χ1n) is 11.4. The number of nitrogens with one attached hydrogen (secondary N) is 1. The van der Waals surface area contributed by atoms with Gasteiger partial charge in [-0.05, 0) is 74.5 Å². The predicted molar refractivity (Wildman–Crippen MR) is 120 cm³/mol. The van der Waals surface area contributed by atoms with Gasteiger partial charge in [-0.2, -0.15) is 0 Å². The van der Waals surface area contributed by atoms with Crippen LogP contribution in [0, 0.1) is 5.41 Å². The van der Waals surface area contributed by atoms with E-state index in [1.165, 1.54) is 69.1 Å². The third-order valence-corrected chi connectivity index (χ3v) is 7.99. The van der Waals surface area contributed by atoms with Gasteiger partial charge in [0.15, 0.2) is 0 Å². The molecule has 1 amide bonds. The van der Waals surface area contributed by atoms with Crippen LogP contribution in [0.15, 0.2) is 36.4 Å². The molecule has 154 valence electrons. The third-order valence-electron chi connectivity index (χ3n) is 7.99. The zero-order chi connectivity index (χ0) is 19.8. The lowest BCUT2D eigenvalue weighted by Gasteiger charge is -2.50. The van der Waals surface area contributed by atoms with Gasteiger partial charge in [0.25, 0.3) is 5.91 Å². The van der Waals surface area contributed by atoms with Crippen molar-refractivity contribution in [1.82, 2.24) is 10.2 Å². The molecule has 5 rings (SSSR count). The molecular formula is C25H33N3O. The Labute approximate surface area is 174 Å². The molecule has 2 aliphatic heterocycles. The summed E-state index contributed by atoms with van der Waals surface area (Å²) in [7, 11) is 1.70. The van der Waals surface area contributed by atoms with Crippen molar-refractivity contribution >= 4 is 22.4 Å². The molecule has 1 N–H and O–H groups in total. The van der Waals surface area contributed by atoms with E-state index in [4.69, 9.17) is 0 Å². The van der Waals surface area contributed by atoms with Gasteiger partial charge in [-0.3, -0.25) is 4.79 Å². The van der Waals surface area contributed by atoms with E-state index in [1.807, 2.05) is 12.1 Å². The highest BCUT2D eigenvalue weighted by atomic mass is 16.1. The highest BCUT2D eigenvalue weighted by molar-refractivity contribution is 6.10. The maximum absolute atomic E-state index is 12.3. The summed E-state index contributed by atoms with van der Waals surface area (Å²) in [6, 6.07) is 13.4. The quantitative estimate of drug-likeness (QED) is 0.840. The fourth-order valence-electron chi connectivity index (χ4n) is 5.73. The van der Waals surface area contributed by atoms with Gasteiger partial charge >= 0.3 is 0 Å². The second kappa shape index (κ2) is 7.64. The first kappa shape index (κ1) is 18.9. The van der Waals surface area contributed by atoms with Crippen LogP contribution in [0.1, 0.15) is 55.3 Å². The molecule has 4 nitrogen and oxygen atoms in total. The number of rotatable bonds is 3. The molecule has 2 saturated heterocycles. The fourth-order valence-corrected chi connectivity index (χ4v) is 5.73. The molecule has 2 heterocycles. The molecule has 3 fully saturated rings. The van der Waals surface area contributed by atoms with Gasteiger partial charge in [-0.25, -0.2) is 0 Å². The molecule has 0 atom stereocenters. The number of benzene rings is 2. The molecule has 0 bridgehead atoms. The van der Waals surface area contributed by atoms with E-state index >= 15 is 0 Å². The van der Waals surface area contributed by atoms with Crippen LogP contribution in [0.5, 0.6) is 0 Å². The number of amides is 1. The average molecular weight is 392 g/mol. The highest BCUT2D eigenvalue weighted by Gasteiger charge is 2.39. The molecule has 4 heteroatoms. The van der Waals surface area contributed by atoms with E-state index in [2.05, 4.69) is 39.4 Å². The molecule has 2 aromatic carbocycles. The minimum atomic E-state index is -0.0106. The lowest BCUT2D eigenvalue weighted by Crippen LogP contribution is -2.50. The van der Waals surface area contributed by atoms with Crippen molar-refractivity contribution in [3.05, 3.63) is 42.0 Å². The minimum Gasteiger partial charge on any atom is -0.371 e. The second-order valence-corrected chi connectivity index (χ2v) is 9.36. The number of nitrogens with zero attached hydrogens (tertiary/aromatic N) is 2. The summed E-state index contributed by atoms with van der Waals surface area (Å²) >= 11 is 0. The van der Waals surface area contributed by atoms with Crippen LogP contribution >= 0.6 is 0 Å².